The average molecular weight is 407 g/mol. The summed E-state index contributed by atoms with van der Waals surface area (Å²) in [5.41, 5.74) is 7.94. The van der Waals surface area contributed by atoms with Gasteiger partial charge in [0.2, 0.25) is 5.95 Å². The maximum absolute atomic E-state index is 12.5. The fourth-order valence-corrected chi connectivity index (χ4v) is 3.66. The summed E-state index contributed by atoms with van der Waals surface area (Å²) in [5, 5.41) is 4.01. The van der Waals surface area contributed by atoms with E-state index in [4.69, 9.17) is 10.5 Å². The Kier molecular flexibility index (Phi) is 5.92. The van der Waals surface area contributed by atoms with E-state index in [1.165, 1.54) is 11.8 Å². The van der Waals surface area contributed by atoms with Gasteiger partial charge in [-0.15, -0.1) is 0 Å². The molecule has 0 aliphatic carbocycles. The number of amides is 1. The lowest BCUT2D eigenvalue weighted by Gasteiger charge is -2.26. The summed E-state index contributed by atoms with van der Waals surface area (Å²) in [6.07, 6.45) is 1.71. The van der Waals surface area contributed by atoms with Gasteiger partial charge in [0.25, 0.3) is 5.91 Å². The predicted octanol–water partition coefficient (Wildman–Crippen LogP) is 3.43. The number of carbonyl (C=O) groups is 1. The Morgan fingerprint density at radius 2 is 1.76 bits per heavy atom. The molecule has 2 aromatic carbocycles. The van der Waals surface area contributed by atoms with Crippen LogP contribution < -0.4 is 11.1 Å². The smallest absolute Gasteiger partial charge is 0.254 e. The van der Waals surface area contributed by atoms with Gasteiger partial charge in [0.15, 0.2) is 0 Å². The fourth-order valence-electron chi connectivity index (χ4n) is 2.89. The molecule has 1 fully saturated rings. The molecule has 148 valence electrons. The Morgan fingerprint density at radius 3 is 2.48 bits per heavy atom. The third kappa shape index (κ3) is 5.04. The van der Waals surface area contributed by atoms with E-state index in [0.29, 0.717) is 37.8 Å². The van der Waals surface area contributed by atoms with Gasteiger partial charge in [0, 0.05) is 41.1 Å². The zero-order valence-electron chi connectivity index (χ0n) is 15.7. The normalized spacial score (nSPS) is 13.9. The van der Waals surface area contributed by atoms with Gasteiger partial charge < -0.3 is 20.7 Å². The highest BCUT2D eigenvalue weighted by atomic mass is 32.2. The van der Waals surface area contributed by atoms with Gasteiger partial charge in [0.1, 0.15) is 5.03 Å². The number of anilines is 3. The topological polar surface area (TPSA) is 93.4 Å². The van der Waals surface area contributed by atoms with Gasteiger partial charge in [-0.2, -0.15) is 0 Å². The number of nitrogens with one attached hydrogen (secondary N) is 1. The molecule has 1 aliphatic heterocycles. The number of morpholine rings is 1. The number of hydrogen-bond donors (Lipinski definition) is 2. The molecule has 0 unspecified atom stereocenters. The molecule has 2 heterocycles. The highest BCUT2D eigenvalue weighted by Gasteiger charge is 2.18. The summed E-state index contributed by atoms with van der Waals surface area (Å²) in [7, 11) is 0. The lowest BCUT2D eigenvalue weighted by atomic mass is 10.1. The van der Waals surface area contributed by atoms with Crippen LogP contribution in [0.5, 0.6) is 0 Å². The quantitative estimate of drug-likeness (QED) is 0.494. The molecular formula is C21H21N5O2S. The highest BCUT2D eigenvalue weighted by molar-refractivity contribution is 7.99. The van der Waals surface area contributed by atoms with E-state index in [1.807, 2.05) is 59.5 Å². The van der Waals surface area contributed by atoms with Crippen LogP contribution in [0.2, 0.25) is 0 Å². The molecule has 7 nitrogen and oxygen atoms in total. The number of rotatable bonds is 5. The Labute approximate surface area is 173 Å². The molecule has 4 rings (SSSR count). The van der Waals surface area contributed by atoms with Gasteiger partial charge in [-0.25, -0.2) is 9.97 Å². The van der Waals surface area contributed by atoms with Crippen molar-refractivity contribution in [2.75, 3.05) is 37.4 Å². The van der Waals surface area contributed by atoms with Crippen molar-refractivity contribution in [3.63, 3.8) is 0 Å². The van der Waals surface area contributed by atoms with Gasteiger partial charge in [-0.1, -0.05) is 11.8 Å². The Hall–Kier alpha value is -3.10. The first-order valence-corrected chi connectivity index (χ1v) is 10.1. The van der Waals surface area contributed by atoms with Crippen molar-refractivity contribution in [3.05, 3.63) is 66.4 Å². The van der Waals surface area contributed by atoms with Crippen LogP contribution in [0.25, 0.3) is 0 Å². The molecule has 1 saturated heterocycles. The number of benzene rings is 2. The lowest BCUT2D eigenvalue weighted by Crippen LogP contribution is -2.40. The number of aromatic nitrogens is 2. The number of hydrogen-bond acceptors (Lipinski definition) is 7. The SMILES string of the molecule is Nc1ccc(Sc2ccnc(Nc3ccc(C(=O)N4CCOCC4)cc3)n2)cc1. The third-order valence-electron chi connectivity index (χ3n) is 4.42. The van der Waals surface area contributed by atoms with Gasteiger partial charge >= 0.3 is 0 Å². The Bertz CT molecular complexity index is 973. The summed E-state index contributed by atoms with van der Waals surface area (Å²) in [4.78, 5) is 24.2. The standard InChI is InChI=1S/C21H21N5O2S/c22-16-3-7-18(8-4-16)29-19-9-10-23-21(25-19)24-17-5-1-15(2-6-17)20(27)26-11-13-28-14-12-26/h1-10H,11-14,22H2,(H,23,24,25). The van der Waals surface area contributed by atoms with Crippen LogP contribution >= 0.6 is 11.8 Å². The zero-order valence-corrected chi connectivity index (χ0v) is 16.6. The molecule has 0 spiro atoms. The highest BCUT2D eigenvalue weighted by Crippen LogP contribution is 2.27. The van der Waals surface area contributed by atoms with Crippen molar-refractivity contribution in [2.45, 2.75) is 9.92 Å². The van der Waals surface area contributed by atoms with E-state index in [9.17, 15) is 4.79 Å². The minimum Gasteiger partial charge on any atom is -0.399 e. The second-order valence-electron chi connectivity index (χ2n) is 6.50. The first-order valence-electron chi connectivity index (χ1n) is 9.28. The number of nitrogens with zero attached hydrogens (tertiary/aromatic N) is 3. The Morgan fingerprint density at radius 1 is 1.03 bits per heavy atom. The molecule has 0 atom stereocenters. The number of nitrogens with two attached hydrogens (primary N) is 1. The molecule has 0 bridgehead atoms. The molecule has 3 N–H and O–H groups in total. The number of ether oxygens (including phenoxy) is 1. The summed E-state index contributed by atoms with van der Waals surface area (Å²) < 4.78 is 5.30. The van der Waals surface area contributed by atoms with Crippen LogP contribution in [-0.4, -0.2) is 47.1 Å². The number of nitrogen functional groups attached to an aromatic ring is 1. The summed E-state index contributed by atoms with van der Waals surface area (Å²) in [5.74, 6) is 0.524. The minimum absolute atomic E-state index is 0.0259. The Balaban J connectivity index is 1.41. The molecule has 1 aliphatic rings. The molecule has 0 saturated carbocycles. The van der Waals surface area contributed by atoms with E-state index in [-0.39, 0.29) is 5.91 Å². The second kappa shape index (κ2) is 8.93. The summed E-state index contributed by atoms with van der Waals surface area (Å²) >= 11 is 1.54. The van der Waals surface area contributed by atoms with Crippen molar-refractivity contribution < 1.29 is 9.53 Å². The second-order valence-corrected chi connectivity index (χ2v) is 7.59. The first-order chi connectivity index (χ1) is 14.2. The van der Waals surface area contributed by atoms with Crippen LogP contribution in [0.3, 0.4) is 0 Å². The van der Waals surface area contributed by atoms with Crippen LogP contribution in [0.4, 0.5) is 17.3 Å². The molecule has 29 heavy (non-hydrogen) atoms. The molecular weight excluding hydrogens is 386 g/mol. The average Bonchev–Trinajstić information content (AvgIpc) is 2.76. The van der Waals surface area contributed by atoms with Crippen molar-refractivity contribution in [1.29, 1.82) is 0 Å². The monoisotopic (exact) mass is 407 g/mol. The lowest BCUT2D eigenvalue weighted by molar-refractivity contribution is 0.0303. The minimum atomic E-state index is 0.0259. The van der Waals surface area contributed by atoms with Crippen molar-refractivity contribution in [2.24, 2.45) is 0 Å². The van der Waals surface area contributed by atoms with Crippen molar-refractivity contribution in [3.8, 4) is 0 Å². The maximum Gasteiger partial charge on any atom is 0.254 e. The van der Waals surface area contributed by atoms with Crippen molar-refractivity contribution in [1.82, 2.24) is 14.9 Å². The van der Waals surface area contributed by atoms with E-state index in [1.54, 1.807) is 6.20 Å². The van der Waals surface area contributed by atoms with Gasteiger partial charge in [-0.05, 0) is 54.6 Å². The summed E-state index contributed by atoms with van der Waals surface area (Å²) in [6.45, 7) is 2.44. The van der Waals surface area contributed by atoms with Crippen LogP contribution in [0.1, 0.15) is 10.4 Å². The first kappa shape index (κ1) is 19.2. The number of carbonyl (C=O) groups excluding carboxylic acids is 1. The fraction of sp³-hybridized carbons (Fsp3) is 0.190. The molecule has 1 amide bonds. The van der Waals surface area contributed by atoms with Crippen LogP contribution in [0, 0.1) is 0 Å². The van der Waals surface area contributed by atoms with Crippen LogP contribution in [-0.2, 0) is 4.74 Å². The molecule has 0 radical (unpaired) electrons. The van der Waals surface area contributed by atoms with E-state index >= 15 is 0 Å². The van der Waals surface area contributed by atoms with E-state index < -0.39 is 0 Å². The zero-order chi connectivity index (χ0) is 20.1. The molecule has 8 heteroatoms. The van der Waals surface area contributed by atoms with E-state index in [2.05, 4.69) is 15.3 Å². The molecule has 3 aromatic rings. The maximum atomic E-state index is 12.5. The third-order valence-corrected chi connectivity index (χ3v) is 5.36. The van der Waals surface area contributed by atoms with Gasteiger partial charge in [-0.3, -0.25) is 4.79 Å². The van der Waals surface area contributed by atoms with Crippen LogP contribution in [0.15, 0.2) is 70.7 Å². The van der Waals surface area contributed by atoms with E-state index in [0.717, 1.165) is 21.3 Å². The van der Waals surface area contributed by atoms with Crippen molar-refractivity contribution >= 4 is 35.0 Å². The van der Waals surface area contributed by atoms with Gasteiger partial charge in [0.05, 0.1) is 13.2 Å². The summed E-state index contributed by atoms with van der Waals surface area (Å²) in [6, 6.07) is 16.8. The molecule has 1 aromatic heterocycles. The largest absolute Gasteiger partial charge is 0.399 e. The predicted molar refractivity (Wildman–Crippen MR) is 113 cm³/mol.